The summed E-state index contributed by atoms with van der Waals surface area (Å²) < 4.78 is 5.38. The summed E-state index contributed by atoms with van der Waals surface area (Å²) in [5, 5.41) is 23.4. The largest absolute Gasteiger partial charge is 0.388 e. The van der Waals surface area contributed by atoms with Gasteiger partial charge in [-0.15, -0.1) is 0 Å². The maximum atomic E-state index is 11.1. The van der Waals surface area contributed by atoms with E-state index in [9.17, 15) is 5.11 Å². The van der Waals surface area contributed by atoms with Crippen LogP contribution in [0.2, 0.25) is 0 Å². The Morgan fingerprint density at radius 3 is 3.15 bits per heavy atom. The number of aromatic nitrogens is 4. The SMILES string of the molecule is OC1(Cc2nc(C3CC3)no2)CCCN(Cc2ccc3cn[nH]c3c2)C1. The van der Waals surface area contributed by atoms with E-state index in [0.29, 0.717) is 24.8 Å². The second-order valence-corrected chi connectivity index (χ2v) is 7.83. The summed E-state index contributed by atoms with van der Waals surface area (Å²) in [6.07, 6.45) is 6.30. The van der Waals surface area contributed by atoms with Gasteiger partial charge in [0.15, 0.2) is 5.82 Å². The van der Waals surface area contributed by atoms with Crippen molar-refractivity contribution in [1.29, 1.82) is 0 Å². The zero-order chi connectivity index (χ0) is 17.6. The topological polar surface area (TPSA) is 91.1 Å². The van der Waals surface area contributed by atoms with Gasteiger partial charge in [0.25, 0.3) is 0 Å². The number of aromatic amines is 1. The van der Waals surface area contributed by atoms with Gasteiger partial charge < -0.3 is 9.63 Å². The molecule has 0 amide bonds. The highest BCUT2D eigenvalue weighted by Gasteiger charge is 2.36. The normalized spacial score (nSPS) is 24.3. The van der Waals surface area contributed by atoms with Crippen LogP contribution in [0.5, 0.6) is 0 Å². The summed E-state index contributed by atoms with van der Waals surface area (Å²) in [6.45, 7) is 2.42. The minimum atomic E-state index is -0.802. The predicted molar refractivity (Wildman–Crippen MR) is 95.5 cm³/mol. The van der Waals surface area contributed by atoms with E-state index in [-0.39, 0.29) is 0 Å². The van der Waals surface area contributed by atoms with E-state index in [4.69, 9.17) is 4.52 Å². The molecule has 1 unspecified atom stereocenters. The van der Waals surface area contributed by atoms with Crippen LogP contribution < -0.4 is 0 Å². The van der Waals surface area contributed by atoms with E-state index in [1.807, 2.05) is 6.20 Å². The van der Waals surface area contributed by atoms with E-state index < -0.39 is 5.60 Å². The average molecular weight is 353 g/mol. The van der Waals surface area contributed by atoms with Crippen LogP contribution in [0.15, 0.2) is 28.9 Å². The third-order valence-electron chi connectivity index (χ3n) is 5.45. The summed E-state index contributed by atoms with van der Waals surface area (Å²) in [5.74, 6) is 1.85. The van der Waals surface area contributed by atoms with Crippen LogP contribution in [-0.2, 0) is 13.0 Å². The highest BCUT2D eigenvalue weighted by atomic mass is 16.5. The Morgan fingerprint density at radius 2 is 2.27 bits per heavy atom. The molecule has 3 heterocycles. The number of piperidine rings is 1. The summed E-state index contributed by atoms with van der Waals surface area (Å²) in [7, 11) is 0. The molecular weight excluding hydrogens is 330 g/mol. The van der Waals surface area contributed by atoms with Gasteiger partial charge in [0.05, 0.1) is 23.7 Å². The molecule has 0 spiro atoms. The lowest BCUT2D eigenvalue weighted by Crippen LogP contribution is -2.49. The van der Waals surface area contributed by atoms with Crippen molar-refractivity contribution < 1.29 is 9.63 Å². The number of hydrogen-bond acceptors (Lipinski definition) is 6. The molecule has 3 aromatic rings. The number of rotatable bonds is 5. The molecule has 1 aromatic carbocycles. The van der Waals surface area contributed by atoms with Crippen LogP contribution in [0, 0.1) is 0 Å². The van der Waals surface area contributed by atoms with Gasteiger partial charge in [0, 0.05) is 24.4 Å². The first-order valence-corrected chi connectivity index (χ1v) is 9.36. The van der Waals surface area contributed by atoms with E-state index in [1.165, 1.54) is 5.56 Å². The molecule has 0 radical (unpaired) electrons. The summed E-state index contributed by atoms with van der Waals surface area (Å²) in [4.78, 5) is 6.79. The molecule has 2 aliphatic rings. The Bertz CT molecular complexity index is 915. The Kier molecular flexibility index (Phi) is 3.79. The van der Waals surface area contributed by atoms with Gasteiger partial charge in [-0.3, -0.25) is 10.00 Å². The third-order valence-corrected chi connectivity index (χ3v) is 5.45. The lowest BCUT2D eigenvalue weighted by molar-refractivity contribution is -0.0373. The van der Waals surface area contributed by atoms with Crippen molar-refractivity contribution in [1.82, 2.24) is 25.2 Å². The van der Waals surface area contributed by atoms with Crippen molar-refractivity contribution in [2.75, 3.05) is 13.1 Å². The lowest BCUT2D eigenvalue weighted by Gasteiger charge is -2.38. The van der Waals surface area contributed by atoms with E-state index in [0.717, 1.165) is 55.5 Å². The Morgan fingerprint density at radius 1 is 1.35 bits per heavy atom. The molecule has 1 aliphatic heterocycles. The zero-order valence-electron chi connectivity index (χ0n) is 14.7. The van der Waals surface area contributed by atoms with Gasteiger partial charge in [-0.2, -0.15) is 10.1 Å². The molecule has 1 atom stereocenters. The van der Waals surface area contributed by atoms with Gasteiger partial charge in [-0.1, -0.05) is 17.3 Å². The third kappa shape index (κ3) is 3.24. The van der Waals surface area contributed by atoms with Crippen molar-refractivity contribution in [2.45, 2.75) is 50.2 Å². The smallest absolute Gasteiger partial charge is 0.229 e. The van der Waals surface area contributed by atoms with Crippen molar-refractivity contribution in [3.63, 3.8) is 0 Å². The summed E-state index contributed by atoms with van der Waals surface area (Å²) in [6, 6.07) is 6.35. The molecule has 1 saturated heterocycles. The first-order valence-electron chi connectivity index (χ1n) is 9.36. The van der Waals surface area contributed by atoms with Crippen molar-refractivity contribution in [3.8, 4) is 0 Å². The molecule has 26 heavy (non-hydrogen) atoms. The number of hydrogen-bond donors (Lipinski definition) is 2. The number of fused-ring (bicyclic) bond motifs is 1. The van der Waals surface area contributed by atoms with Gasteiger partial charge in [0.2, 0.25) is 5.89 Å². The first kappa shape index (κ1) is 16.0. The lowest BCUT2D eigenvalue weighted by atomic mass is 9.89. The van der Waals surface area contributed by atoms with Crippen LogP contribution in [0.3, 0.4) is 0 Å². The molecule has 0 bridgehead atoms. The van der Waals surface area contributed by atoms with Crippen molar-refractivity contribution in [3.05, 3.63) is 41.7 Å². The maximum Gasteiger partial charge on any atom is 0.229 e. The fraction of sp³-hybridized carbons (Fsp3) is 0.526. The standard InChI is InChI=1S/C19H23N5O2/c25-19(9-17-21-18(23-26-17)14-4-5-14)6-1-7-24(12-19)11-13-2-3-15-10-20-22-16(15)8-13/h2-3,8,10,14,25H,1,4-7,9,11-12H2,(H,20,22). The molecule has 136 valence electrons. The monoisotopic (exact) mass is 353 g/mol. The molecule has 1 aliphatic carbocycles. The Labute approximate surface area is 151 Å². The zero-order valence-corrected chi connectivity index (χ0v) is 14.7. The first-order chi connectivity index (χ1) is 12.7. The number of nitrogens with zero attached hydrogens (tertiary/aromatic N) is 4. The second-order valence-electron chi connectivity index (χ2n) is 7.83. The van der Waals surface area contributed by atoms with E-state index in [1.54, 1.807) is 0 Å². The highest BCUT2D eigenvalue weighted by molar-refractivity contribution is 5.78. The number of H-pyrrole nitrogens is 1. The number of β-amino-alcohol motifs (C(OH)–C–C–N with tert-alkyl or cyclic N) is 1. The van der Waals surface area contributed by atoms with E-state index >= 15 is 0 Å². The molecule has 2 fully saturated rings. The van der Waals surface area contributed by atoms with Crippen LogP contribution in [0.1, 0.15) is 48.9 Å². The fourth-order valence-electron chi connectivity index (χ4n) is 3.95. The number of aliphatic hydroxyl groups is 1. The van der Waals surface area contributed by atoms with Gasteiger partial charge >= 0.3 is 0 Å². The fourth-order valence-corrected chi connectivity index (χ4v) is 3.95. The van der Waals surface area contributed by atoms with Crippen LogP contribution in [-0.4, -0.2) is 49.0 Å². The Hall–Kier alpha value is -2.25. The maximum absolute atomic E-state index is 11.1. The molecular formula is C19H23N5O2. The second kappa shape index (κ2) is 6.17. The molecule has 5 rings (SSSR count). The van der Waals surface area contributed by atoms with Gasteiger partial charge in [-0.25, -0.2) is 0 Å². The predicted octanol–water partition coefficient (Wildman–Crippen LogP) is 2.39. The van der Waals surface area contributed by atoms with Gasteiger partial charge in [0.1, 0.15) is 0 Å². The number of likely N-dealkylation sites (tertiary alicyclic amines) is 1. The molecule has 7 nitrogen and oxygen atoms in total. The molecule has 1 saturated carbocycles. The number of benzene rings is 1. The molecule has 2 N–H and O–H groups in total. The average Bonchev–Trinajstić information content (AvgIpc) is 3.18. The van der Waals surface area contributed by atoms with Crippen molar-refractivity contribution in [2.24, 2.45) is 0 Å². The van der Waals surface area contributed by atoms with E-state index in [2.05, 4.69) is 43.4 Å². The molecule has 2 aromatic heterocycles. The van der Waals surface area contributed by atoms with Crippen LogP contribution in [0.25, 0.3) is 10.9 Å². The minimum absolute atomic E-state index is 0.433. The highest BCUT2D eigenvalue weighted by Crippen LogP contribution is 2.38. The van der Waals surface area contributed by atoms with Crippen LogP contribution >= 0.6 is 0 Å². The number of nitrogens with one attached hydrogen (secondary N) is 1. The van der Waals surface area contributed by atoms with Crippen LogP contribution in [0.4, 0.5) is 0 Å². The Balaban J connectivity index is 1.26. The summed E-state index contributed by atoms with van der Waals surface area (Å²) in [5.41, 5.74) is 1.47. The summed E-state index contributed by atoms with van der Waals surface area (Å²) >= 11 is 0. The quantitative estimate of drug-likeness (QED) is 0.732. The minimum Gasteiger partial charge on any atom is -0.388 e. The van der Waals surface area contributed by atoms with Gasteiger partial charge in [-0.05, 0) is 43.9 Å². The molecule has 7 heteroatoms. The van der Waals surface area contributed by atoms with Crippen molar-refractivity contribution >= 4 is 10.9 Å².